The van der Waals surface area contributed by atoms with Gasteiger partial charge in [-0.05, 0) is 37.8 Å². The molecule has 1 aliphatic rings. The molecule has 0 saturated carbocycles. The van der Waals surface area contributed by atoms with Crippen LogP contribution in [0.25, 0.3) is 0 Å². The van der Waals surface area contributed by atoms with E-state index in [0.717, 1.165) is 32.2 Å². The normalized spacial score (nSPS) is 17.9. The van der Waals surface area contributed by atoms with E-state index < -0.39 is 5.82 Å². The Morgan fingerprint density at radius 3 is 2.70 bits per heavy atom. The van der Waals surface area contributed by atoms with Gasteiger partial charge in [-0.2, -0.15) is 0 Å². The number of benzene rings is 1. The Morgan fingerprint density at radius 1 is 1.30 bits per heavy atom. The second-order valence-electron chi connectivity index (χ2n) is 6.02. The zero-order valence-electron chi connectivity index (χ0n) is 13.9. The largest absolute Gasteiger partial charge is 0.340 e. The van der Waals surface area contributed by atoms with Crippen LogP contribution in [-0.4, -0.2) is 35.8 Å². The average Bonchev–Trinajstić information content (AvgIpc) is 2.56. The Morgan fingerprint density at radius 2 is 2.04 bits per heavy atom. The first kappa shape index (κ1) is 17.4. The van der Waals surface area contributed by atoms with Gasteiger partial charge in [-0.1, -0.05) is 19.1 Å². The van der Waals surface area contributed by atoms with Crippen LogP contribution in [0, 0.1) is 5.82 Å². The summed E-state index contributed by atoms with van der Waals surface area (Å²) in [6, 6.07) is 6.47. The monoisotopic (exact) mass is 320 g/mol. The molecule has 0 bridgehead atoms. The number of likely N-dealkylation sites (tertiary alicyclic amines) is 1. The molecule has 1 unspecified atom stereocenters. The summed E-state index contributed by atoms with van der Waals surface area (Å²) in [6.45, 7) is 4.49. The molecule has 1 fully saturated rings. The topological polar surface area (TPSA) is 40.6 Å². The molecule has 1 atom stereocenters. The van der Waals surface area contributed by atoms with E-state index in [1.54, 1.807) is 18.2 Å². The number of hydrogen-bond acceptors (Lipinski definition) is 2. The molecule has 0 spiro atoms. The maximum Gasteiger partial charge on any atom is 0.224 e. The van der Waals surface area contributed by atoms with Crippen molar-refractivity contribution in [3.05, 3.63) is 30.1 Å². The molecular weight excluding hydrogens is 295 g/mol. The fraction of sp³-hybridized carbons (Fsp3) is 0.556. The second-order valence-corrected chi connectivity index (χ2v) is 6.02. The number of para-hydroxylation sites is 1. The minimum absolute atomic E-state index is 0.0548. The van der Waals surface area contributed by atoms with Gasteiger partial charge in [0.25, 0.3) is 0 Å². The number of rotatable bonds is 5. The first-order valence-corrected chi connectivity index (χ1v) is 8.36. The zero-order chi connectivity index (χ0) is 16.8. The molecule has 2 rings (SSSR count). The van der Waals surface area contributed by atoms with Crippen LogP contribution in [-0.2, 0) is 9.59 Å². The predicted octanol–water partition coefficient (Wildman–Crippen LogP) is 3.36. The van der Waals surface area contributed by atoms with Crippen LogP contribution < -0.4 is 4.90 Å². The molecule has 1 aromatic carbocycles. The molecule has 126 valence electrons. The lowest BCUT2D eigenvalue weighted by molar-refractivity contribution is -0.134. The third-order valence-electron chi connectivity index (χ3n) is 4.49. The van der Waals surface area contributed by atoms with Crippen molar-refractivity contribution in [1.29, 1.82) is 0 Å². The Balaban J connectivity index is 2.03. The highest BCUT2D eigenvalue weighted by atomic mass is 19.1. The van der Waals surface area contributed by atoms with Gasteiger partial charge < -0.3 is 9.80 Å². The summed E-state index contributed by atoms with van der Waals surface area (Å²) in [5.41, 5.74) is 0.235. The van der Waals surface area contributed by atoms with Crippen LogP contribution in [0.4, 0.5) is 10.1 Å². The van der Waals surface area contributed by atoms with Crippen molar-refractivity contribution in [1.82, 2.24) is 4.90 Å². The van der Waals surface area contributed by atoms with Crippen molar-refractivity contribution in [2.24, 2.45) is 0 Å². The van der Waals surface area contributed by atoms with Gasteiger partial charge in [0.15, 0.2) is 0 Å². The van der Waals surface area contributed by atoms with Gasteiger partial charge in [-0.15, -0.1) is 0 Å². The molecule has 0 aliphatic carbocycles. The first-order chi connectivity index (χ1) is 11.0. The number of carbonyl (C=O) groups excluding carboxylic acids is 2. The van der Waals surface area contributed by atoms with Crippen LogP contribution in [0.5, 0.6) is 0 Å². The van der Waals surface area contributed by atoms with E-state index in [2.05, 4.69) is 6.92 Å². The lowest BCUT2D eigenvalue weighted by Crippen LogP contribution is -2.44. The van der Waals surface area contributed by atoms with Gasteiger partial charge in [0.2, 0.25) is 11.8 Å². The summed E-state index contributed by atoms with van der Waals surface area (Å²) >= 11 is 0. The number of amides is 2. The smallest absolute Gasteiger partial charge is 0.224 e. The lowest BCUT2D eigenvalue weighted by atomic mass is 9.99. The summed E-state index contributed by atoms with van der Waals surface area (Å²) in [5, 5.41) is 0. The molecule has 1 heterocycles. The molecule has 1 aliphatic heterocycles. The molecule has 4 nitrogen and oxygen atoms in total. The maximum absolute atomic E-state index is 13.9. The predicted molar refractivity (Wildman–Crippen MR) is 88.7 cm³/mol. The molecule has 1 saturated heterocycles. The van der Waals surface area contributed by atoms with Crippen LogP contribution in [0.3, 0.4) is 0 Å². The SMILES string of the molecule is CCC1CCCCN1C(=O)CCN(C(C)=O)c1ccccc1F. The number of piperidine rings is 1. The van der Waals surface area contributed by atoms with Crippen LogP contribution >= 0.6 is 0 Å². The Kier molecular flexibility index (Phi) is 6.13. The second kappa shape index (κ2) is 8.09. The van der Waals surface area contributed by atoms with Crippen molar-refractivity contribution < 1.29 is 14.0 Å². The molecule has 23 heavy (non-hydrogen) atoms. The van der Waals surface area contributed by atoms with Crippen LogP contribution in [0.1, 0.15) is 46.0 Å². The maximum atomic E-state index is 13.9. The zero-order valence-corrected chi connectivity index (χ0v) is 13.9. The van der Waals surface area contributed by atoms with Crippen molar-refractivity contribution in [2.75, 3.05) is 18.0 Å². The number of anilines is 1. The van der Waals surface area contributed by atoms with E-state index in [4.69, 9.17) is 0 Å². The van der Waals surface area contributed by atoms with Gasteiger partial charge in [-0.25, -0.2) is 4.39 Å². The quantitative estimate of drug-likeness (QED) is 0.834. The number of carbonyl (C=O) groups is 2. The molecule has 0 aromatic heterocycles. The van der Waals surface area contributed by atoms with Crippen LogP contribution in [0.2, 0.25) is 0 Å². The average molecular weight is 320 g/mol. The number of hydrogen-bond donors (Lipinski definition) is 0. The van der Waals surface area contributed by atoms with Crippen molar-refractivity contribution >= 4 is 17.5 Å². The fourth-order valence-corrected chi connectivity index (χ4v) is 3.22. The third kappa shape index (κ3) is 4.30. The van der Waals surface area contributed by atoms with Crippen LogP contribution in [0.15, 0.2) is 24.3 Å². The van der Waals surface area contributed by atoms with Crippen molar-refractivity contribution in [3.63, 3.8) is 0 Å². The highest BCUT2D eigenvalue weighted by Gasteiger charge is 2.26. The summed E-state index contributed by atoms with van der Waals surface area (Å²) in [7, 11) is 0. The van der Waals surface area contributed by atoms with Gasteiger partial charge in [0.05, 0.1) is 5.69 Å². The summed E-state index contributed by atoms with van der Waals surface area (Å²) in [6.07, 6.45) is 4.43. The summed E-state index contributed by atoms with van der Waals surface area (Å²) in [4.78, 5) is 27.6. The van der Waals surface area contributed by atoms with Gasteiger partial charge >= 0.3 is 0 Å². The summed E-state index contributed by atoms with van der Waals surface area (Å²) in [5.74, 6) is -0.646. The summed E-state index contributed by atoms with van der Waals surface area (Å²) < 4.78 is 13.9. The number of halogens is 1. The van der Waals surface area contributed by atoms with E-state index in [1.807, 2.05) is 4.90 Å². The van der Waals surface area contributed by atoms with E-state index in [-0.39, 0.29) is 30.5 Å². The van der Waals surface area contributed by atoms with E-state index in [1.165, 1.54) is 17.9 Å². The fourth-order valence-electron chi connectivity index (χ4n) is 3.22. The highest BCUT2D eigenvalue weighted by Crippen LogP contribution is 2.22. The van der Waals surface area contributed by atoms with E-state index >= 15 is 0 Å². The minimum atomic E-state index is -0.445. The standard InChI is InChI=1S/C18H25FN2O2/c1-3-15-8-6-7-12-21(15)18(23)11-13-20(14(2)22)17-10-5-4-9-16(17)19/h4-5,9-10,15H,3,6-8,11-13H2,1-2H3. The molecule has 2 amide bonds. The molecule has 1 aromatic rings. The Bertz CT molecular complexity index is 562. The molecular formula is C18H25FN2O2. The van der Waals surface area contributed by atoms with Gasteiger partial charge in [-0.3, -0.25) is 9.59 Å². The van der Waals surface area contributed by atoms with E-state index in [9.17, 15) is 14.0 Å². The minimum Gasteiger partial charge on any atom is -0.340 e. The lowest BCUT2D eigenvalue weighted by Gasteiger charge is -2.35. The first-order valence-electron chi connectivity index (χ1n) is 8.36. The Labute approximate surface area is 137 Å². The van der Waals surface area contributed by atoms with E-state index in [0.29, 0.717) is 6.04 Å². The van der Waals surface area contributed by atoms with Gasteiger partial charge in [0.1, 0.15) is 5.82 Å². The third-order valence-corrected chi connectivity index (χ3v) is 4.49. The highest BCUT2D eigenvalue weighted by molar-refractivity contribution is 5.92. The number of nitrogens with zero attached hydrogens (tertiary/aromatic N) is 2. The Hall–Kier alpha value is -1.91. The van der Waals surface area contributed by atoms with Crippen molar-refractivity contribution in [3.8, 4) is 0 Å². The van der Waals surface area contributed by atoms with Gasteiger partial charge in [0, 0.05) is 32.5 Å². The molecule has 0 N–H and O–H groups in total. The van der Waals surface area contributed by atoms with Crippen molar-refractivity contribution in [2.45, 2.75) is 52.0 Å². The molecule has 5 heteroatoms. The molecule has 0 radical (unpaired) electrons.